The highest BCUT2D eigenvalue weighted by Gasteiger charge is 2.23. The number of carbonyl (C=O) groups is 1. The first-order chi connectivity index (χ1) is 11.0. The zero-order valence-electron chi connectivity index (χ0n) is 13.5. The molecule has 0 aliphatic heterocycles. The Bertz CT molecular complexity index is 831. The Kier molecular flexibility index (Phi) is 4.04. The van der Waals surface area contributed by atoms with Crippen LogP contribution in [0.5, 0.6) is 0 Å². The first kappa shape index (κ1) is 15.5. The fraction of sp³-hybridized carbons (Fsp3) is 0.312. The van der Waals surface area contributed by atoms with E-state index < -0.39 is 0 Å². The van der Waals surface area contributed by atoms with Crippen molar-refractivity contribution in [3.05, 3.63) is 39.8 Å². The molecule has 0 spiro atoms. The minimum absolute atomic E-state index is 0.0902. The van der Waals surface area contributed by atoms with Crippen LogP contribution in [0.2, 0.25) is 0 Å². The van der Waals surface area contributed by atoms with Crippen molar-refractivity contribution < 1.29 is 4.79 Å². The molecule has 6 nitrogen and oxygen atoms in total. The Morgan fingerprint density at radius 1 is 1.43 bits per heavy atom. The van der Waals surface area contributed by atoms with Crippen LogP contribution in [-0.4, -0.2) is 25.9 Å². The van der Waals surface area contributed by atoms with Crippen molar-refractivity contribution in [2.45, 2.75) is 26.7 Å². The number of H-pyrrole nitrogens is 1. The van der Waals surface area contributed by atoms with Gasteiger partial charge < -0.3 is 5.32 Å². The maximum Gasteiger partial charge on any atom is 0.232 e. The third kappa shape index (κ3) is 2.92. The molecule has 1 atom stereocenters. The number of aromatic nitrogens is 4. The number of carbonyl (C=O) groups excluding carboxylic acids is 1. The molecule has 0 aliphatic rings. The van der Waals surface area contributed by atoms with Crippen LogP contribution in [0.25, 0.3) is 11.3 Å². The summed E-state index contributed by atoms with van der Waals surface area (Å²) in [6.45, 7) is 5.79. The van der Waals surface area contributed by atoms with Crippen molar-refractivity contribution in [3.8, 4) is 11.3 Å². The molecule has 0 radical (unpaired) electrons. The van der Waals surface area contributed by atoms with Gasteiger partial charge in [0, 0.05) is 35.3 Å². The number of thiophene rings is 1. The van der Waals surface area contributed by atoms with Crippen molar-refractivity contribution in [2.24, 2.45) is 7.05 Å². The predicted octanol–water partition coefficient (Wildman–Crippen LogP) is 3.23. The van der Waals surface area contributed by atoms with Gasteiger partial charge in [0.15, 0.2) is 5.82 Å². The molecule has 3 aromatic rings. The van der Waals surface area contributed by atoms with Gasteiger partial charge in [0.1, 0.15) is 0 Å². The van der Waals surface area contributed by atoms with Gasteiger partial charge in [-0.2, -0.15) is 21.5 Å². The van der Waals surface area contributed by atoms with Gasteiger partial charge in [-0.1, -0.05) is 0 Å². The number of rotatable bonds is 4. The Morgan fingerprint density at radius 3 is 2.83 bits per heavy atom. The number of aryl methyl sites for hydroxylation is 2. The molecule has 1 unspecified atom stereocenters. The number of nitrogens with zero attached hydrogens (tertiary/aromatic N) is 3. The fourth-order valence-electron chi connectivity index (χ4n) is 2.73. The maximum atomic E-state index is 12.5. The molecular formula is C16H19N5OS. The zero-order valence-corrected chi connectivity index (χ0v) is 14.4. The van der Waals surface area contributed by atoms with E-state index in [1.807, 2.05) is 50.7 Å². The lowest BCUT2D eigenvalue weighted by Crippen LogP contribution is -2.20. The molecule has 0 saturated heterocycles. The minimum atomic E-state index is -0.287. The van der Waals surface area contributed by atoms with E-state index in [-0.39, 0.29) is 11.8 Å². The van der Waals surface area contributed by atoms with Crippen LogP contribution >= 0.6 is 11.3 Å². The SMILES string of the molecule is Cc1nn(C)c(C)c1C(C)C(=O)Nc1cc(-c2ccsc2)[nH]n1. The lowest BCUT2D eigenvalue weighted by atomic mass is 9.98. The minimum Gasteiger partial charge on any atom is -0.309 e. The van der Waals surface area contributed by atoms with E-state index in [1.54, 1.807) is 16.0 Å². The quantitative estimate of drug-likeness (QED) is 0.771. The lowest BCUT2D eigenvalue weighted by Gasteiger charge is -2.11. The molecule has 0 aromatic carbocycles. The molecule has 0 fully saturated rings. The molecule has 0 aliphatic carbocycles. The van der Waals surface area contributed by atoms with Crippen LogP contribution in [-0.2, 0) is 11.8 Å². The highest BCUT2D eigenvalue weighted by atomic mass is 32.1. The average Bonchev–Trinajstić information content (AvgIpc) is 3.21. The van der Waals surface area contributed by atoms with Gasteiger partial charge >= 0.3 is 0 Å². The van der Waals surface area contributed by atoms with Crippen LogP contribution in [0, 0.1) is 13.8 Å². The number of nitrogens with one attached hydrogen (secondary N) is 2. The van der Waals surface area contributed by atoms with Crippen molar-refractivity contribution in [1.29, 1.82) is 0 Å². The van der Waals surface area contributed by atoms with Crippen molar-refractivity contribution in [2.75, 3.05) is 5.32 Å². The number of hydrogen-bond donors (Lipinski definition) is 2. The highest BCUT2D eigenvalue weighted by molar-refractivity contribution is 7.08. The number of amides is 1. The smallest absolute Gasteiger partial charge is 0.232 e. The van der Waals surface area contributed by atoms with Gasteiger partial charge in [-0.15, -0.1) is 0 Å². The van der Waals surface area contributed by atoms with Crippen molar-refractivity contribution in [1.82, 2.24) is 20.0 Å². The molecule has 23 heavy (non-hydrogen) atoms. The van der Waals surface area contributed by atoms with Crippen LogP contribution < -0.4 is 5.32 Å². The van der Waals surface area contributed by atoms with Gasteiger partial charge in [-0.25, -0.2) is 0 Å². The summed E-state index contributed by atoms with van der Waals surface area (Å²) in [5.41, 5.74) is 4.82. The summed E-state index contributed by atoms with van der Waals surface area (Å²) in [6, 6.07) is 3.85. The van der Waals surface area contributed by atoms with E-state index in [2.05, 4.69) is 20.6 Å². The molecule has 1 amide bonds. The Balaban J connectivity index is 1.76. The standard InChI is InChI=1S/C16H19N5OS/c1-9(15-10(2)20-21(4)11(15)3)16(22)17-14-7-13(18-19-14)12-5-6-23-8-12/h5-9H,1-4H3,(H2,17,18,19,22). The van der Waals surface area contributed by atoms with E-state index in [0.717, 1.165) is 28.2 Å². The summed E-state index contributed by atoms with van der Waals surface area (Å²) >= 11 is 1.62. The average molecular weight is 329 g/mol. The van der Waals surface area contributed by atoms with Crippen LogP contribution in [0.4, 0.5) is 5.82 Å². The summed E-state index contributed by atoms with van der Waals surface area (Å²) < 4.78 is 1.80. The normalized spacial score (nSPS) is 12.3. The van der Waals surface area contributed by atoms with E-state index >= 15 is 0 Å². The van der Waals surface area contributed by atoms with Gasteiger partial charge in [0.25, 0.3) is 0 Å². The van der Waals surface area contributed by atoms with Gasteiger partial charge in [-0.3, -0.25) is 14.6 Å². The second-order valence-electron chi connectivity index (χ2n) is 5.60. The largest absolute Gasteiger partial charge is 0.309 e. The maximum absolute atomic E-state index is 12.5. The van der Waals surface area contributed by atoms with Gasteiger partial charge in [0.2, 0.25) is 5.91 Å². The Hall–Kier alpha value is -2.41. The molecule has 3 rings (SSSR count). The molecule has 3 heterocycles. The fourth-order valence-corrected chi connectivity index (χ4v) is 3.39. The van der Waals surface area contributed by atoms with E-state index in [0.29, 0.717) is 5.82 Å². The molecule has 7 heteroatoms. The third-order valence-electron chi connectivity index (χ3n) is 4.05. The molecule has 2 N–H and O–H groups in total. The Morgan fingerprint density at radius 2 is 2.22 bits per heavy atom. The monoisotopic (exact) mass is 329 g/mol. The molecular weight excluding hydrogens is 310 g/mol. The Labute approximate surface area is 138 Å². The van der Waals surface area contributed by atoms with E-state index in [9.17, 15) is 4.79 Å². The van der Waals surface area contributed by atoms with Crippen LogP contribution in [0.15, 0.2) is 22.9 Å². The molecule has 120 valence electrons. The van der Waals surface area contributed by atoms with E-state index in [1.165, 1.54) is 0 Å². The van der Waals surface area contributed by atoms with Crippen LogP contribution in [0.3, 0.4) is 0 Å². The van der Waals surface area contributed by atoms with E-state index in [4.69, 9.17) is 0 Å². The predicted molar refractivity (Wildman–Crippen MR) is 91.6 cm³/mol. The molecule has 0 bridgehead atoms. The summed E-state index contributed by atoms with van der Waals surface area (Å²) in [5.74, 6) is 0.153. The summed E-state index contributed by atoms with van der Waals surface area (Å²) in [4.78, 5) is 12.5. The first-order valence-corrected chi connectivity index (χ1v) is 8.30. The molecule has 3 aromatic heterocycles. The molecule has 0 saturated carbocycles. The number of hydrogen-bond acceptors (Lipinski definition) is 4. The van der Waals surface area contributed by atoms with Gasteiger partial charge in [-0.05, 0) is 32.2 Å². The zero-order chi connectivity index (χ0) is 16.6. The summed E-state index contributed by atoms with van der Waals surface area (Å²) in [6.07, 6.45) is 0. The second-order valence-corrected chi connectivity index (χ2v) is 6.38. The number of anilines is 1. The van der Waals surface area contributed by atoms with Crippen LogP contribution in [0.1, 0.15) is 29.8 Å². The first-order valence-electron chi connectivity index (χ1n) is 7.36. The third-order valence-corrected chi connectivity index (χ3v) is 4.74. The topological polar surface area (TPSA) is 75.6 Å². The summed E-state index contributed by atoms with van der Waals surface area (Å²) in [5, 5.41) is 18.4. The number of aromatic amines is 1. The van der Waals surface area contributed by atoms with Crippen molar-refractivity contribution in [3.63, 3.8) is 0 Å². The van der Waals surface area contributed by atoms with Gasteiger partial charge in [0.05, 0.1) is 17.3 Å². The second kappa shape index (κ2) is 6.00. The highest BCUT2D eigenvalue weighted by Crippen LogP contribution is 2.25. The van der Waals surface area contributed by atoms with Crippen molar-refractivity contribution >= 4 is 23.1 Å². The lowest BCUT2D eigenvalue weighted by molar-refractivity contribution is -0.117. The summed E-state index contributed by atoms with van der Waals surface area (Å²) in [7, 11) is 1.89.